The van der Waals surface area contributed by atoms with Gasteiger partial charge in [-0.25, -0.2) is 4.98 Å². The van der Waals surface area contributed by atoms with Gasteiger partial charge in [0.2, 0.25) is 0 Å². The maximum Gasteiger partial charge on any atom is 0.274 e. The normalized spacial score (nSPS) is 24.4. The molecule has 3 rings (SSSR count). The summed E-state index contributed by atoms with van der Waals surface area (Å²) in [5, 5.41) is 0. The second-order valence-electron chi connectivity index (χ2n) is 5.90. The van der Waals surface area contributed by atoms with Crippen LogP contribution in [0.15, 0.2) is 18.6 Å². The molecule has 1 atom stereocenters. The lowest BCUT2D eigenvalue weighted by Crippen LogP contribution is -2.39. The van der Waals surface area contributed by atoms with Gasteiger partial charge in [-0.1, -0.05) is 0 Å². The lowest BCUT2D eigenvalue weighted by atomic mass is 9.72. The molecule has 21 heavy (non-hydrogen) atoms. The van der Waals surface area contributed by atoms with Crippen LogP contribution in [-0.2, 0) is 9.47 Å². The number of likely N-dealkylation sites (tertiary alicyclic amines) is 1. The van der Waals surface area contributed by atoms with E-state index in [0.29, 0.717) is 18.2 Å². The van der Waals surface area contributed by atoms with Gasteiger partial charge in [0.15, 0.2) is 0 Å². The van der Waals surface area contributed by atoms with Crippen molar-refractivity contribution in [2.24, 2.45) is 11.3 Å². The molecule has 2 aliphatic rings. The van der Waals surface area contributed by atoms with E-state index in [1.807, 2.05) is 4.90 Å². The van der Waals surface area contributed by atoms with E-state index in [0.717, 1.165) is 39.1 Å². The maximum atomic E-state index is 12.6. The molecular formula is C15H21N3O3. The average molecular weight is 291 g/mol. The summed E-state index contributed by atoms with van der Waals surface area (Å²) in [6.07, 6.45) is 6.65. The van der Waals surface area contributed by atoms with Gasteiger partial charge in [0, 0.05) is 51.7 Å². The molecule has 6 heteroatoms. The Kier molecular flexibility index (Phi) is 4.17. The molecule has 3 heterocycles. The van der Waals surface area contributed by atoms with Crippen LogP contribution in [0.5, 0.6) is 0 Å². The molecule has 2 saturated heterocycles. The zero-order valence-electron chi connectivity index (χ0n) is 12.3. The van der Waals surface area contributed by atoms with Gasteiger partial charge in [-0.3, -0.25) is 9.78 Å². The van der Waals surface area contributed by atoms with E-state index in [-0.39, 0.29) is 11.3 Å². The molecule has 1 unspecified atom stereocenters. The van der Waals surface area contributed by atoms with Gasteiger partial charge in [0.05, 0.1) is 12.8 Å². The zero-order valence-corrected chi connectivity index (χ0v) is 12.3. The summed E-state index contributed by atoms with van der Waals surface area (Å²) in [4.78, 5) is 22.6. The first-order valence-electron chi connectivity index (χ1n) is 7.37. The third-order valence-corrected chi connectivity index (χ3v) is 4.74. The first-order valence-corrected chi connectivity index (χ1v) is 7.37. The van der Waals surface area contributed by atoms with E-state index in [4.69, 9.17) is 9.47 Å². The lowest BCUT2D eigenvalue weighted by molar-refractivity contribution is -0.0169. The zero-order chi connectivity index (χ0) is 14.7. The Balaban J connectivity index is 1.78. The molecule has 2 fully saturated rings. The molecule has 1 amide bonds. The number of rotatable bonds is 3. The highest BCUT2D eigenvalue weighted by Gasteiger charge is 2.48. The van der Waals surface area contributed by atoms with Crippen molar-refractivity contribution in [1.29, 1.82) is 0 Å². The Labute approximate surface area is 124 Å². The molecular weight excluding hydrogens is 270 g/mol. The molecule has 2 aliphatic heterocycles. The van der Waals surface area contributed by atoms with Crippen LogP contribution >= 0.6 is 0 Å². The molecule has 0 N–H and O–H groups in total. The van der Waals surface area contributed by atoms with E-state index in [9.17, 15) is 4.79 Å². The minimum Gasteiger partial charge on any atom is -0.384 e. The molecule has 6 nitrogen and oxygen atoms in total. The van der Waals surface area contributed by atoms with Crippen molar-refractivity contribution < 1.29 is 14.3 Å². The Hall–Kier alpha value is -1.53. The van der Waals surface area contributed by atoms with E-state index in [2.05, 4.69) is 9.97 Å². The molecule has 0 bridgehead atoms. The summed E-state index contributed by atoms with van der Waals surface area (Å²) in [6.45, 7) is 3.72. The average Bonchev–Trinajstić information content (AvgIpc) is 2.87. The second-order valence-corrected chi connectivity index (χ2v) is 5.90. The number of carbonyl (C=O) groups excluding carboxylic acids is 1. The quantitative estimate of drug-likeness (QED) is 0.831. The van der Waals surface area contributed by atoms with Crippen molar-refractivity contribution in [3.63, 3.8) is 0 Å². The minimum atomic E-state index is -0.0347. The van der Waals surface area contributed by atoms with Crippen LogP contribution in [0.3, 0.4) is 0 Å². The molecule has 0 saturated carbocycles. The monoisotopic (exact) mass is 291 g/mol. The number of methoxy groups -OCH3 is 1. The molecule has 0 aliphatic carbocycles. The van der Waals surface area contributed by atoms with E-state index >= 15 is 0 Å². The number of hydrogen-bond acceptors (Lipinski definition) is 5. The van der Waals surface area contributed by atoms with Gasteiger partial charge in [0.25, 0.3) is 5.91 Å². The van der Waals surface area contributed by atoms with Gasteiger partial charge in [-0.05, 0) is 18.3 Å². The highest BCUT2D eigenvalue weighted by Crippen LogP contribution is 2.44. The van der Waals surface area contributed by atoms with Crippen LogP contribution < -0.4 is 0 Å². The third kappa shape index (κ3) is 2.78. The van der Waals surface area contributed by atoms with E-state index < -0.39 is 0 Å². The standard InChI is InChI=1S/C15H21N3O3/c1-20-10-12-9-18(11-15(12)2-6-21-7-3-15)14(19)13-8-16-4-5-17-13/h4-5,8,12H,2-3,6-7,9-11H2,1H3. The van der Waals surface area contributed by atoms with Crippen LogP contribution in [0.4, 0.5) is 0 Å². The maximum absolute atomic E-state index is 12.6. The Morgan fingerprint density at radius 3 is 2.95 bits per heavy atom. The fourth-order valence-corrected chi connectivity index (χ4v) is 3.53. The van der Waals surface area contributed by atoms with Gasteiger partial charge in [-0.15, -0.1) is 0 Å². The SMILES string of the molecule is COCC1CN(C(=O)c2cnccn2)CC12CCOCC2. The highest BCUT2D eigenvalue weighted by atomic mass is 16.5. The highest BCUT2D eigenvalue weighted by molar-refractivity contribution is 5.92. The molecule has 114 valence electrons. The molecule has 0 radical (unpaired) electrons. The minimum absolute atomic E-state index is 0.0347. The van der Waals surface area contributed by atoms with Crippen molar-refractivity contribution in [2.75, 3.05) is 40.0 Å². The van der Waals surface area contributed by atoms with Crippen LogP contribution in [0.2, 0.25) is 0 Å². The topological polar surface area (TPSA) is 64.5 Å². The molecule has 0 aromatic carbocycles. The largest absolute Gasteiger partial charge is 0.384 e. The van der Waals surface area contributed by atoms with Gasteiger partial charge in [0.1, 0.15) is 5.69 Å². The second kappa shape index (κ2) is 6.07. The molecule has 1 spiro atoms. The Morgan fingerprint density at radius 1 is 1.48 bits per heavy atom. The molecule has 1 aromatic rings. The number of hydrogen-bond donors (Lipinski definition) is 0. The summed E-state index contributed by atoms with van der Waals surface area (Å²) in [7, 11) is 1.72. The van der Waals surface area contributed by atoms with Crippen LogP contribution in [-0.4, -0.2) is 60.8 Å². The van der Waals surface area contributed by atoms with Crippen molar-refractivity contribution in [1.82, 2.24) is 14.9 Å². The number of amides is 1. The smallest absolute Gasteiger partial charge is 0.274 e. The van der Waals surface area contributed by atoms with Gasteiger partial charge < -0.3 is 14.4 Å². The Morgan fingerprint density at radius 2 is 2.29 bits per heavy atom. The van der Waals surface area contributed by atoms with Crippen molar-refractivity contribution >= 4 is 5.91 Å². The summed E-state index contributed by atoms with van der Waals surface area (Å²) in [6, 6.07) is 0. The van der Waals surface area contributed by atoms with Gasteiger partial charge in [-0.2, -0.15) is 0 Å². The van der Waals surface area contributed by atoms with Crippen LogP contribution in [0.1, 0.15) is 23.3 Å². The van der Waals surface area contributed by atoms with Crippen molar-refractivity contribution in [3.8, 4) is 0 Å². The summed E-state index contributed by atoms with van der Waals surface area (Å²) in [5.74, 6) is 0.333. The number of aromatic nitrogens is 2. The predicted octanol–water partition coefficient (Wildman–Crippen LogP) is 0.992. The van der Waals surface area contributed by atoms with E-state index in [1.54, 1.807) is 19.5 Å². The van der Waals surface area contributed by atoms with Gasteiger partial charge >= 0.3 is 0 Å². The fraction of sp³-hybridized carbons (Fsp3) is 0.667. The van der Waals surface area contributed by atoms with Crippen molar-refractivity contribution in [3.05, 3.63) is 24.3 Å². The summed E-state index contributed by atoms with van der Waals surface area (Å²) >= 11 is 0. The predicted molar refractivity (Wildman–Crippen MR) is 75.8 cm³/mol. The molecule has 1 aromatic heterocycles. The third-order valence-electron chi connectivity index (χ3n) is 4.74. The van der Waals surface area contributed by atoms with Crippen LogP contribution in [0, 0.1) is 11.3 Å². The Bertz CT molecular complexity index is 488. The van der Waals surface area contributed by atoms with Crippen LogP contribution in [0.25, 0.3) is 0 Å². The summed E-state index contributed by atoms with van der Waals surface area (Å²) < 4.78 is 10.9. The fourth-order valence-electron chi connectivity index (χ4n) is 3.53. The summed E-state index contributed by atoms with van der Waals surface area (Å²) in [5.41, 5.74) is 0.546. The number of ether oxygens (including phenoxy) is 2. The number of carbonyl (C=O) groups is 1. The first kappa shape index (κ1) is 14.4. The first-order chi connectivity index (χ1) is 10.2. The number of nitrogens with zero attached hydrogens (tertiary/aromatic N) is 3. The van der Waals surface area contributed by atoms with Crippen molar-refractivity contribution in [2.45, 2.75) is 12.8 Å². The lowest BCUT2D eigenvalue weighted by Gasteiger charge is -2.37. The van der Waals surface area contributed by atoms with E-state index in [1.165, 1.54) is 6.20 Å².